The fraction of sp³-hybridized carbons (Fsp3) is 0.357. The van der Waals surface area contributed by atoms with Crippen LogP contribution in [0, 0.1) is 0 Å². The molecule has 1 aromatic carbocycles. The minimum absolute atomic E-state index is 0.434. The summed E-state index contributed by atoms with van der Waals surface area (Å²) in [4.78, 5) is 4.14. The van der Waals surface area contributed by atoms with Gasteiger partial charge >= 0.3 is 0 Å². The molecule has 1 unspecified atom stereocenters. The molecule has 0 radical (unpaired) electrons. The Balaban J connectivity index is 2.21. The van der Waals surface area contributed by atoms with Crippen molar-refractivity contribution in [3.05, 3.63) is 54.6 Å². The molecule has 1 aromatic heterocycles. The lowest BCUT2D eigenvalue weighted by Gasteiger charge is -2.18. The van der Waals surface area contributed by atoms with Crippen LogP contribution in [0.3, 0.4) is 0 Å². The molecule has 0 aliphatic carbocycles. The number of hydrogen-bond donors (Lipinski definition) is 0. The molecule has 2 aromatic rings. The van der Waals surface area contributed by atoms with Gasteiger partial charge in [0.05, 0.1) is 12.4 Å². The Morgan fingerprint density at radius 1 is 1.25 bits per heavy atom. The van der Waals surface area contributed by atoms with Gasteiger partial charge in [-0.05, 0) is 12.0 Å². The van der Waals surface area contributed by atoms with Crippen LogP contribution in [0.1, 0.15) is 37.8 Å². The van der Waals surface area contributed by atoms with Gasteiger partial charge in [0.15, 0.2) is 0 Å². The summed E-state index contributed by atoms with van der Waals surface area (Å²) in [6.45, 7) is 2.23. The fourth-order valence-electron chi connectivity index (χ4n) is 2.01. The summed E-state index contributed by atoms with van der Waals surface area (Å²) < 4.78 is 2.20. The second-order valence-corrected chi connectivity index (χ2v) is 4.08. The smallest absolute Gasteiger partial charge is 0.0951 e. The van der Waals surface area contributed by atoms with Crippen molar-refractivity contribution in [2.75, 3.05) is 0 Å². The maximum atomic E-state index is 4.14. The zero-order chi connectivity index (χ0) is 11.2. The predicted molar refractivity (Wildman–Crippen MR) is 66.3 cm³/mol. The highest BCUT2D eigenvalue weighted by Crippen LogP contribution is 2.23. The third kappa shape index (κ3) is 2.51. The van der Waals surface area contributed by atoms with E-state index in [0.29, 0.717) is 6.04 Å². The van der Waals surface area contributed by atoms with E-state index in [9.17, 15) is 0 Å². The summed E-state index contributed by atoms with van der Waals surface area (Å²) >= 11 is 0. The van der Waals surface area contributed by atoms with E-state index in [1.807, 2.05) is 18.7 Å². The number of benzene rings is 1. The van der Waals surface area contributed by atoms with Gasteiger partial charge in [0.1, 0.15) is 0 Å². The molecular formula is C14H18N2. The van der Waals surface area contributed by atoms with E-state index in [2.05, 4.69) is 46.8 Å². The SMILES string of the molecule is CCCCC(c1ccccc1)n1ccnc1. The van der Waals surface area contributed by atoms with Crippen LogP contribution in [-0.4, -0.2) is 9.55 Å². The molecule has 0 aliphatic rings. The van der Waals surface area contributed by atoms with Crippen molar-refractivity contribution in [1.29, 1.82) is 0 Å². The normalized spacial score (nSPS) is 12.6. The van der Waals surface area contributed by atoms with Crippen LogP contribution in [0.4, 0.5) is 0 Å². The number of rotatable bonds is 5. The van der Waals surface area contributed by atoms with Crippen molar-refractivity contribution < 1.29 is 0 Å². The number of nitrogens with zero attached hydrogens (tertiary/aromatic N) is 2. The van der Waals surface area contributed by atoms with Gasteiger partial charge in [0.25, 0.3) is 0 Å². The highest BCUT2D eigenvalue weighted by atomic mass is 15.0. The summed E-state index contributed by atoms with van der Waals surface area (Å²) in [6.07, 6.45) is 9.47. The van der Waals surface area contributed by atoms with Crippen molar-refractivity contribution in [1.82, 2.24) is 9.55 Å². The summed E-state index contributed by atoms with van der Waals surface area (Å²) in [5.41, 5.74) is 1.37. The molecule has 0 spiro atoms. The van der Waals surface area contributed by atoms with Crippen molar-refractivity contribution in [2.24, 2.45) is 0 Å². The molecule has 84 valence electrons. The van der Waals surface area contributed by atoms with E-state index in [4.69, 9.17) is 0 Å². The monoisotopic (exact) mass is 214 g/mol. The van der Waals surface area contributed by atoms with Gasteiger partial charge in [-0.1, -0.05) is 50.1 Å². The first kappa shape index (κ1) is 10.9. The van der Waals surface area contributed by atoms with Crippen LogP contribution in [0.25, 0.3) is 0 Å². The minimum Gasteiger partial charge on any atom is -0.330 e. The maximum Gasteiger partial charge on any atom is 0.0951 e. The topological polar surface area (TPSA) is 17.8 Å². The van der Waals surface area contributed by atoms with Crippen LogP contribution in [0.5, 0.6) is 0 Å². The van der Waals surface area contributed by atoms with E-state index in [1.165, 1.54) is 24.8 Å². The molecule has 2 nitrogen and oxygen atoms in total. The van der Waals surface area contributed by atoms with Gasteiger partial charge in [0.2, 0.25) is 0 Å². The van der Waals surface area contributed by atoms with E-state index in [1.54, 1.807) is 0 Å². The molecular weight excluding hydrogens is 196 g/mol. The van der Waals surface area contributed by atoms with Gasteiger partial charge in [0, 0.05) is 12.4 Å². The van der Waals surface area contributed by atoms with E-state index >= 15 is 0 Å². The van der Waals surface area contributed by atoms with Gasteiger partial charge in [-0.3, -0.25) is 0 Å². The summed E-state index contributed by atoms with van der Waals surface area (Å²) in [6, 6.07) is 11.1. The highest BCUT2D eigenvalue weighted by molar-refractivity contribution is 5.19. The minimum atomic E-state index is 0.434. The lowest BCUT2D eigenvalue weighted by molar-refractivity contribution is 0.515. The van der Waals surface area contributed by atoms with E-state index in [-0.39, 0.29) is 0 Å². The number of aromatic nitrogens is 2. The van der Waals surface area contributed by atoms with Crippen molar-refractivity contribution in [3.8, 4) is 0 Å². The zero-order valence-corrected chi connectivity index (χ0v) is 9.71. The van der Waals surface area contributed by atoms with Crippen LogP contribution in [0.15, 0.2) is 49.1 Å². The lowest BCUT2D eigenvalue weighted by atomic mass is 10.0. The second kappa shape index (κ2) is 5.50. The van der Waals surface area contributed by atoms with Gasteiger partial charge < -0.3 is 4.57 Å². The molecule has 0 saturated heterocycles. The molecule has 0 N–H and O–H groups in total. The lowest BCUT2D eigenvalue weighted by Crippen LogP contribution is -2.08. The predicted octanol–water partition coefficient (Wildman–Crippen LogP) is 3.66. The number of imidazole rings is 1. The maximum absolute atomic E-state index is 4.14. The van der Waals surface area contributed by atoms with Crippen molar-refractivity contribution in [2.45, 2.75) is 32.2 Å². The average Bonchev–Trinajstić information content (AvgIpc) is 2.85. The Morgan fingerprint density at radius 2 is 2.06 bits per heavy atom. The Labute approximate surface area is 97.0 Å². The summed E-state index contributed by atoms with van der Waals surface area (Å²) in [5, 5.41) is 0. The summed E-state index contributed by atoms with van der Waals surface area (Å²) in [7, 11) is 0. The molecule has 2 rings (SSSR count). The fourth-order valence-corrected chi connectivity index (χ4v) is 2.01. The largest absolute Gasteiger partial charge is 0.330 e. The molecule has 0 bridgehead atoms. The molecule has 1 heterocycles. The zero-order valence-electron chi connectivity index (χ0n) is 9.71. The second-order valence-electron chi connectivity index (χ2n) is 4.08. The molecule has 16 heavy (non-hydrogen) atoms. The molecule has 0 fully saturated rings. The van der Waals surface area contributed by atoms with E-state index < -0.39 is 0 Å². The highest BCUT2D eigenvalue weighted by Gasteiger charge is 2.11. The first-order valence-electron chi connectivity index (χ1n) is 5.94. The number of unbranched alkanes of at least 4 members (excludes halogenated alkanes) is 1. The molecule has 1 atom stereocenters. The molecule has 0 amide bonds. The van der Waals surface area contributed by atoms with Crippen molar-refractivity contribution in [3.63, 3.8) is 0 Å². The van der Waals surface area contributed by atoms with Gasteiger partial charge in [-0.15, -0.1) is 0 Å². The van der Waals surface area contributed by atoms with Crippen LogP contribution >= 0.6 is 0 Å². The quantitative estimate of drug-likeness (QED) is 0.742. The molecule has 0 aliphatic heterocycles. The Bertz CT molecular complexity index is 392. The van der Waals surface area contributed by atoms with Gasteiger partial charge in [-0.2, -0.15) is 0 Å². The van der Waals surface area contributed by atoms with Gasteiger partial charge in [-0.25, -0.2) is 4.98 Å². The standard InChI is InChI=1S/C14H18N2/c1-2-3-9-14(16-11-10-15-12-16)13-7-5-4-6-8-13/h4-8,10-12,14H,2-3,9H2,1H3. The Morgan fingerprint density at radius 3 is 2.69 bits per heavy atom. The van der Waals surface area contributed by atoms with Crippen LogP contribution in [0.2, 0.25) is 0 Å². The van der Waals surface area contributed by atoms with E-state index in [0.717, 1.165) is 0 Å². The average molecular weight is 214 g/mol. The van der Waals surface area contributed by atoms with Crippen LogP contribution < -0.4 is 0 Å². The Hall–Kier alpha value is -1.57. The molecule has 2 heteroatoms. The first-order valence-corrected chi connectivity index (χ1v) is 5.94. The first-order chi connectivity index (χ1) is 7.92. The van der Waals surface area contributed by atoms with Crippen molar-refractivity contribution >= 4 is 0 Å². The summed E-state index contributed by atoms with van der Waals surface area (Å²) in [5.74, 6) is 0. The number of hydrogen-bond acceptors (Lipinski definition) is 1. The van der Waals surface area contributed by atoms with Crippen LogP contribution in [-0.2, 0) is 0 Å². The Kier molecular flexibility index (Phi) is 3.76. The third-order valence-electron chi connectivity index (χ3n) is 2.90. The molecule has 0 saturated carbocycles. The third-order valence-corrected chi connectivity index (χ3v) is 2.90.